The van der Waals surface area contributed by atoms with E-state index in [-0.39, 0.29) is 24.1 Å². The first-order chi connectivity index (χ1) is 11.1. The van der Waals surface area contributed by atoms with Crippen molar-refractivity contribution < 1.29 is 18.7 Å². The lowest BCUT2D eigenvalue weighted by molar-refractivity contribution is -0.123. The summed E-state index contributed by atoms with van der Waals surface area (Å²) < 4.78 is 24.3. The first kappa shape index (κ1) is 16.4. The van der Waals surface area contributed by atoms with Crippen LogP contribution in [0, 0.1) is 11.7 Å². The van der Waals surface area contributed by atoms with E-state index < -0.39 is 0 Å². The van der Waals surface area contributed by atoms with Gasteiger partial charge < -0.3 is 14.8 Å². The van der Waals surface area contributed by atoms with Gasteiger partial charge in [-0.3, -0.25) is 9.69 Å². The van der Waals surface area contributed by atoms with Crippen molar-refractivity contribution in [3.8, 4) is 0 Å². The van der Waals surface area contributed by atoms with Crippen LogP contribution in [0.15, 0.2) is 24.3 Å². The van der Waals surface area contributed by atoms with E-state index in [1.807, 2.05) is 6.92 Å². The molecule has 2 fully saturated rings. The summed E-state index contributed by atoms with van der Waals surface area (Å²) in [6, 6.07) is 5.71. The summed E-state index contributed by atoms with van der Waals surface area (Å²) in [5, 5.41) is 2.78. The number of halogens is 1. The molecule has 1 amide bonds. The molecule has 0 aromatic heterocycles. The summed E-state index contributed by atoms with van der Waals surface area (Å²) in [6.07, 6.45) is 1.85. The van der Waals surface area contributed by atoms with Gasteiger partial charge in [-0.2, -0.15) is 0 Å². The van der Waals surface area contributed by atoms with Crippen LogP contribution in [0.5, 0.6) is 0 Å². The molecule has 5 nitrogen and oxygen atoms in total. The van der Waals surface area contributed by atoms with E-state index in [4.69, 9.17) is 9.47 Å². The molecule has 0 bridgehead atoms. The Morgan fingerprint density at radius 2 is 2.00 bits per heavy atom. The summed E-state index contributed by atoms with van der Waals surface area (Å²) >= 11 is 0. The highest BCUT2D eigenvalue weighted by atomic mass is 19.1. The number of carbonyl (C=O) groups is 1. The Bertz CT molecular complexity index is 540. The number of likely N-dealkylation sites (tertiary alicyclic amines) is 1. The maximum absolute atomic E-state index is 13.2. The van der Waals surface area contributed by atoms with Crippen LogP contribution in [0.2, 0.25) is 0 Å². The molecule has 6 heteroatoms. The maximum Gasteiger partial charge on any atom is 0.241 e. The molecule has 1 atom stereocenters. The van der Waals surface area contributed by atoms with Crippen molar-refractivity contribution in [3.63, 3.8) is 0 Å². The Balaban J connectivity index is 1.50. The van der Waals surface area contributed by atoms with Crippen molar-refractivity contribution >= 4 is 11.6 Å². The highest BCUT2D eigenvalue weighted by molar-refractivity contribution is 5.94. The van der Waals surface area contributed by atoms with Gasteiger partial charge in [0.1, 0.15) is 5.82 Å². The number of benzene rings is 1. The molecule has 0 spiro atoms. The molecule has 23 heavy (non-hydrogen) atoms. The zero-order valence-corrected chi connectivity index (χ0v) is 13.3. The molecule has 2 saturated heterocycles. The van der Waals surface area contributed by atoms with Gasteiger partial charge in [0.25, 0.3) is 0 Å². The second-order valence-corrected chi connectivity index (χ2v) is 6.16. The average molecular weight is 322 g/mol. The fraction of sp³-hybridized carbons (Fsp3) is 0.588. The molecule has 1 unspecified atom stereocenters. The Morgan fingerprint density at radius 3 is 2.65 bits per heavy atom. The van der Waals surface area contributed by atoms with Crippen LogP contribution in [-0.4, -0.2) is 49.4 Å². The van der Waals surface area contributed by atoms with Crippen LogP contribution in [0.4, 0.5) is 10.1 Å². The molecule has 2 aliphatic heterocycles. The number of anilines is 1. The molecule has 0 aliphatic carbocycles. The number of hydrogen-bond donors (Lipinski definition) is 1. The molecule has 1 N–H and O–H groups in total. The van der Waals surface area contributed by atoms with E-state index in [1.165, 1.54) is 12.1 Å². The molecule has 2 heterocycles. The minimum atomic E-state index is -0.354. The Kier molecular flexibility index (Phi) is 5.25. The molecule has 1 aromatic carbocycles. The smallest absolute Gasteiger partial charge is 0.241 e. The van der Waals surface area contributed by atoms with E-state index in [9.17, 15) is 9.18 Å². The van der Waals surface area contributed by atoms with Crippen LogP contribution in [0.25, 0.3) is 0 Å². The maximum atomic E-state index is 13.2. The molecular formula is C17H23FN2O3. The normalized spacial score (nSPS) is 22.2. The van der Waals surface area contributed by atoms with Gasteiger partial charge in [-0.15, -0.1) is 0 Å². The number of ether oxygens (including phenoxy) is 2. The second-order valence-electron chi connectivity index (χ2n) is 6.16. The standard InChI is InChI=1S/C17H23FN2O3/c1-12(16(21)19-15-4-2-3-14(18)11-15)20-7-5-13(6-8-20)17-22-9-10-23-17/h2-4,11-13,17H,5-10H2,1H3,(H,19,21). The van der Waals surface area contributed by atoms with Gasteiger partial charge >= 0.3 is 0 Å². The van der Waals surface area contributed by atoms with Crippen LogP contribution in [-0.2, 0) is 14.3 Å². The first-order valence-corrected chi connectivity index (χ1v) is 8.17. The number of hydrogen-bond acceptors (Lipinski definition) is 4. The summed E-state index contributed by atoms with van der Waals surface area (Å²) in [7, 11) is 0. The van der Waals surface area contributed by atoms with Crippen molar-refractivity contribution in [2.24, 2.45) is 5.92 Å². The highest BCUT2D eigenvalue weighted by Crippen LogP contribution is 2.26. The molecule has 126 valence electrons. The van der Waals surface area contributed by atoms with Crippen molar-refractivity contribution in [3.05, 3.63) is 30.1 Å². The quantitative estimate of drug-likeness (QED) is 0.924. The summed E-state index contributed by atoms with van der Waals surface area (Å²) in [5.41, 5.74) is 0.490. The molecule has 0 saturated carbocycles. The van der Waals surface area contributed by atoms with E-state index in [0.29, 0.717) is 24.8 Å². The van der Waals surface area contributed by atoms with Gasteiger partial charge in [-0.1, -0.05) is 6.07 Å². The van der Waals surface area contributed by atoms with Crippen LogP contribution in [0.1, 0.15) is 19.8 Å². The summed E-state index contributed by atoms with van der Waals surface area (Å²) in [4.78, 5) is 14.5. The fourth-order valence-corrected chi connectivity index (χ4v) is 3.21. The lowest BCUT2D eigenvalue weighted by Gasteiger charge is -2.36. The first-order valence-electron chi connectivity index (χ1n) is 8.17. The Labute approximate surface area is 135 Å². The van der Waals surface area contributed by atoms with Crippen LogP contribution < -0.4 is 5.32 Å². The molecule has 3 rings (SSSR count). The third-order valence-corrected chi connectivity index (χ3v) is 4.63. The van der Waals surface area contributed by atoms with Crippen molar-refractivity contribution in [2.45, 2.75) is 32.1 Å². The fourth-order valence-electron chi connectivity index (χ4n) is 3.21. The largest absolute Gasteiger partial charge is 0.350 e. The zero-order chi connectivity index (χ0) is 16.2. The van der Waals surface area contributed by atoms with Gasteiger partial charge in [0.05, 0.1) is 19.3 Å². The number of nitrogens with one attached hydrogen (secondary N) is 1. The third-order valence-electron chi connectivity index (χ3n) is 4.63. The predicted octanol–water partition coefficient (Wildman–Crippen LogP) is 2.24. The van der Waals surface area contributed by atoms with Crippen LogP contribution >= 0.6 is 0 Å². The van der Waals surface area contributed by atoms with Gasteiger partial charge in [-0.25, -0.2) is 4.39 Å². The van der Waals surface area contributed by atoms with Gasteiger partial charge in [-0.05, 0) is 51.1 Å². The monoisotopic (exact) mass is 322 g/mol. The van der Waals surface area contributed by atoms with E-state index in [2.05, 4.69) is 10.2 Å². The van der Waals surface area contributed by atoms with E-state index in [1.54, 1.807) is 12.1 Å². The lowest BCUT2D eigenvalue weighted by atomic mass is 9.95. The SMILES string of the molecule is CC(C(=O)Nc1cccc(F)c1)N1CCC(C2OCCO2)CC1. The molecule has 0 radical (unpaired) electrons. The van der Waals surface area contributed by atoms with Gasteiger partial charge in [0.2, 0.25) is 5.91 Å². The topological polar surface area (TPSA) is 50.8 Å². The molecular weight excluding hydrogens is 299 g/mol. The van der Waals surface area contributed by atoms with Crippen molar-refractivity contribution in [1.29, 1.82) is 0 Å². The minimum Gasteiger partial charge on any atom is -0.350 e. The second kappa shape index (κ2) is 7.38. The van der Waals surface area contributed by atoms with Crippen molar-refractivity contribution in [2.75, 3.05) is 31.6 Å². The molecule has 1 aromatic rings. The zero-order valence-electron chi connectivity index (χ0n) is 13.3. The predicted molar refractivity (Wildman–Crippen MR) is 84.5 cm³/mol. The van der Waals surface area contributed by atoms with E-state index in [0.717, 1.165) is 25.9 Å². The van der Waals surface area contributed by atoms with Gasteiger partial charge in [0, 0.05) is 11.6 Å². The average Bonchev–Trinajstić information content (AvgIpc) is 3.09. The highest BCUT2D eigenvalue weighted by Gasteiger charge is 2.33. The number of rotatable bonds is 4. The minimum absolute atomic E-state index is 0.0754. The third kappa shape index (κ3) is 4.07. The summed E-state index contributed by atoms with van der Waals surface area (Å²) in [6.45, 7) is 4.92. The van der Waals surface area contributed by atoms with Crippen molar-refractivity contribution in [1.82, 2.24) is 4.90 Å². The number of amides is 1. The lowest BCUT2D eigenvalue weighted by Crippen LogP contribution is -2.47. The Morgan fingerprint density at radius 1 is 1.30 bits per heavy atom. The number of piperidine rings is 1. The molecule has 2 aliphatic rings. The van der Waals surface area contributed by atoms with Gasteiger partial charge in [0.15, 0.2) is 6.29 Å². The van der Waals surface area contributed by atoms with E-state index >= 15 is 0 Å². The summed E-state index contributed by atoms with van der Waals surface area (Å²) in [5.74, 6) is -0.0533. The van der Waals surface area contributed by atoms with Crippen LogP contribution in [0.3, 0.4) is 0 Å². The number of nitrogens with zero attached hydrogens (tertiary/aromatic N) is 1. The Hall–Kier alpha value is -1.50. The number of carbonyl (C=O) groups excluding carboxylic acids is 1.